The van der Waals surface area contributed by atoms with Crippen LogP contribution < -0.4 is 4.74 Å². The van der Waals surface area contributed by atoms with E-state index >= 15 is 0 Å². The van der Waals surface area contributed by atoms with Gasteiger partial charge >= 0.3 is 21.2 Å². The summed E-state index contributed by atoms with van der Waals surface area (Å²) in [6.45, 7) is 0. The molecule has 0 amide bonds. The number of fused-ring (bicyclic) bond motifs is 1. The van der Waals surface area contributed by atoms with Crippen molar-refractivity contribution < 1.29 is 30.0 Å². The molecule has 0 fully saturated rings. The van der Waals surface area contributed by atoms with Gasteiger partial charge in [-0.15, -0.1) is 25.3 Å². The average Bonchev–Trinajstić information content (AvgIpc) is 2.36. The van der Waals surface area contributed by atoms with Gasteiger partial charge in [0.25, 0.3) is 0 Å². The SMILES string of the molecule is COc1cccc2ccccc12.O=S(=O)=O.O=S(=O)=O. The molecule has 2 aromatic carbocycles. The van der Waals surface area contributed by atoms with Gasteiger partial charge in [0.1, 0.15) is 5.75 Å². The zero-order valence-electron chi connectivity index (χ0n) is 10.2. The van der Waals surface area contributed by atoms with E-state index < -0.39 is 21.2 Å². The van der Waals surface area contributed by atoms with E-state index in [0.29, 0.717) is 0 Å². The molecule has 9 heteroatoms. The van der Waals surface area contributed by atoms with Gasteiger partial charge in [-0.25, -0.2) is 0 Å². The van der Waals surface area contributed by atoms with Crippen molar-refractivity contribution in [3.63, 3.8) is 0 Å². The van der Waals surface area contributed by atoms with Crippen LogP contribution in [0, 0.1) is 0 Å². The zero-order valence-corrected chi connectivity index (χ0v) is 11.8. The Hall–Kier alpha value is -2.26. The van der Waals surface area contributed by atoms with Crippen LogP contribution in [-0.2, 0) is 21.2 Å². The summed E-state index contributed by atoms with van der Waals surface area (Å²) in [5.41, 5.74) is 0. The Labute approximate surface area is 117 Å². The van der Waals surface area contributed by atoms with Crippen molar-refractivity contribution in [2.45, 2.75) is 0 Å². The fourth-order valence-corrected chi connectivity index (χ4v) is 1.37. The van der Waals surface area contributed by atoms with Crippen molar-refractivity contribution in [1.29, 1.82) is 0 Å². The van der Waals surface area contributed by atoms with Crippen LogP contribution in [-0.4, -0.2) is 32.4 Å². The molecule has 0 heterocycles. The monoisotopic (exact) mass is 318 g/mol. The van der Waals surface area contributed by atoms with E-state index in [1.165, 1.54) is 10.8 Å². The van der Waals surface area contributed by atoms with E-state index in [2.05, 4.69) is 18.2 Å². The summed E-state index contributed by atoms with van der Waals surface area (Å²) in [5.74, 6) is 0.938. The van der Waals surface area contributed by atoms with Gasteiger partial charge in [0, 0.05) is 5.39 Å². The maximum atomic E-state index is 8.44. The lowest BCUT2D eigenvalue weighted by molar-refractivity contribution is 0.420. The van der Waals surface area contributed by atoms with Gasteiger partial charge in [-0.05, 0) is 11.5 Å². The van der Waals surface area contributed by atoms with Crippen molar-refractivity contribution in [3.05, 3.63) is 42.5 Å². The Balaban J connectivity index is 0.000000380. The molecular formula is C11H10O7S2. The predicted molar refractivity (Wildman–Crippen MR) is 69.9 cm³/mol. The third-order valence-electron chi connectivity index (χ3n) is 1.97. The number of benzene rings is 2. The fourth-order valence-electron chi connectivity index (χ4n) is 1.37. The van der Waals surface area contributed by atoms with Crippen LogP contribution in [0.4, 0.5) is 0 Å². The van der Waals surface area contributed by atoms with E-state index in [-0.39, 0.29) is 0 Å². The molecule has 0 unspecified atom stereocenters. The molecule has 0 atom stereocenters. The first-order chi connectivity index (χ1) is 9.38. The highest BCUT2D eigenvalue weighted by Crippen LogP contribution is 2.24. The normalized spacial score (nSPS) is 8.45. The lowest BCUT2D eigenvalue weighted by Gasteiger charge is -2.03. The van der Waals surface area contributed by atoms with E-state index in [1.807, 2.05) is 24.3 Å². The molecule has 2 aromatic rings. The number of hydrogen-bond acceptors (Lipinski definition) is 7. The minimum Gasteiger partial charge on any atom is -0.496 e. The second kappa shape index (κ2) is 9.64. The molecule has 7 nitrogen and oxygen atoms in total. The Morgan fingerprint density at radius 1 is 0.750 bits per heavy atom. The average molecular weight is 318 g/mol. The molecule has 108 valence electrons. The fraction of sp³-hybridized carbons (Fsp3) is 0.0909. The Morgan fingerprint density at radius 2 is 1.20 bits per heavy atom. The minimum absolute atomic E-state index is 0.938. The van der Waals surface area contributed by atoms with Crippen molar-refractivity contribution in [3.8, 4) is 5.75 Å². The summed E-state index contributed by atoms with van der Waals surface area (Å²) in [6, 6.07) is 14.2. The van der Waals surface area contributed by atoms with E-state index in [1.54, 1.807) is 7.11 Å². The van der Waals surface area contributed by atoms with Crippen molar-refractivity contribution in [2.75, 3.05) is 7.11 Å². The van der Waals surface area contributed by atoms with Crippen LogP contribution in [0.25, 0.3) is 10.8 Å². The van der Waals surface area contributed by atoms with Crippen molar-refractivity contribution in [1.82, 2.24) is 0 Å². The van der Waals surface area contributed by atoms with Gasteiger partial charge in [-0.2, -0.15) is 0 Å². The molecule has 0 N–H and O–H groups in total. The standard InChI is InChI=1S/C11H10O.2O3S/c1-12-11-8-4-6-9-5-2-3-7-10(9)11;2*1-4(2)3/h2-8H,1H3;;. The van der Waals surface area contributed by atoms with Crippen LogP contribution in [0.15, 0.2) is 42.5 Å². The lowest BCUT2D eigenvalue weighted by atomic mass is 10.1. The van der Waals surface area contributed by atoms with Gasteiger partial charge < -0.3 is 4.74 Å². The Morgan fingerprint density at radius 3 is 1.70 bits per heavy atom. The molecular weight excluding hydrogens is 308 g/mol. The molecule has 0 saturated heterocycles. The summed E-state index contributed by atoms with van der Waals surface area (Å²) in [4.78, 5) is 0. The summed E-state index contributed by atoms with van der Waals surface area (Å²) in [5, 5.41) is 2.39. The first-order valence-corrected chi connectivity index (χ1v) is 6.93. The molecule has 0 aromatic heterocycles. The highest BCUT2D eigenvalue weighted by molar-refractivity contribution is 7.59. The van der Waals surface area contributed by atoms with E-state index in [4.69, 9.17) is 30.0 Å². The van der Waals surface area contributed by atoms with Gasteiger partial charge in [0.15, 0.2) is 0 Å². The molecule has 0 bridgehead atoms. The molecule has 0 aliphatic heterocycles. The van der Waals surface area contributed by atoms with Gasteiger partial charge in [0.2, 0.25) is 0 Å². The van der Waals surface area contributed by atoms with Crippen LogP contribution >= 0.6 is 0 Å². The van der Waals surface area contributed by atoms with Crippen LogP contribution in [0.3, 0.4) is 0 Å². The minimum atomic E-state index is -3.11. The second-order valence-electron chi connectivity index (χ2n) is 3.09. The predicted octanol–water partition coefficient (Wildman–Crippen LogP) is 0.840. The quantitative estimate of drug-likeness (QED) is 0.765. The second-order valence-corrected chi connectivity index (χ2v) is 3.91. The first kappa shape index (κ1) is 17.7. The smallest absolute Gasteiger partial charge is 0.425 e. The summed E-state index contributed by atoms with van der Waals surface area (Å²) in [7, 11) is -4.53. The number of methoxy groups -OCH3 is 1. The van der Waals surface area contributed by atoms with Gasteiger partial charge in [0.05, 0.1) is 7.11 Å². The molecule has 0 saturated carbocycles. The van der Waals surface area contributed by atoms with E-state index in [9.17, 15) is 0 Å². The number of hydrogen-bond donors (Lipinski definition) is 0. The molecule has 2 rings (SSSR count). The van der Waals surface area contributed by atoms with Gasteiger partial charge in [-0.1, -0.05) is 36.4 Å². The number of rotatable bonds is 1. The lowest BCUT2D eigenvalue weighted by Crippen LogP contribution is -1.83. The maximum Gasteiger partial charge on any atom is 0.425 e. The first-order valence-electron chi connectivity index (χ1n) is 4.93. The largest absolute Gasteiger partial charge is 0.496 e. The molecule has 0 spiro atoms. The Kier molecular flexibility index (Phi) is 8.55. The van der Waals surface area contributed by atoms with Gasteiger partial charge in [-0.3, -0.25) is 0 Å². The third kappa shape index (κ3) is 7.95. The molecule has 20 heavy (non-hydrogen) atoms. The van der Waals surface area contributed by atoms with Crippen LogP contribution in [0.1, 0.15) is 0 Å². The molecule has 0 radical (unpaired) electrons. The Bertz CT molecular complexity index is 716. The van der Waals surface area contributed by atoms with Crippen LogP contribution in [0.5, 0.6) is 5.75 Å². The topological polar surface area (TPSA) is 112 Å². The third-order valence-corrected chi connectivity index (χ3v) is 1.97. The highest BCUT2D eigenvalue weighted by Gasteiger charge is 1.96. The highest BCUT2D eigenvalue weighted by atomic mass is 32.2. The molecule has 0 aliphatic rings. The molecule has 0 aliphatic carbocycles. The van der Waals surface area contributed by atoms with E-state index in [0.717, 1.165) is 5.75 Å². The number of ether oxygens (including phenoxy) is 1. The maximum absolute atomic E-state index is 8.44. The van der Waals surface area contributed by atoms with Crippen molar-refractivity contribution in [2.24, 2.45) is 0 Å². The summed E-state index contributed by atoms with van der Waals surface area (Å²) >= 11 is 0. The van der Waals surface area contributed by atoms with Crippen molar-refractivity contribution >= 4 is 32.0 Å². The van der Waals surface area contributed by atoms with Crippen LogP contribution in [0.2, 0.25) is 0 Å². The summed E-state index contributed by atoms with van der Waals surface area (Å²) in [6.07, 6.45) is 0. The zero-order chi connectivity index (χ0) is 15.5. The summed E-state index contributed by atoms with van der Waals surface area (Å²) < 4.78 is 55.9.